The van der Waals surface area contributed by atoms with Crippen molar-refractivity contribution >= 4 is 41.7 Å². The molecule has 1 fully saturated rings. The highest BCUT2D eigenvalue weighted by atomic mass is 127. The molecule has 0 aromatic heterocycles. The molecule has 2 heterocycles. The predicted octanol–water partition coefficient (Wildman–Crippen LogP) is 3.60. The second kappa shape index (κ2) is 12.0. The minimum absolute atomic E-state index is 0. The van der Waals surface area contributed by atoms with Gasteiger partial charge in [0.1, 0.15) is 5.75 Å². The first-order valence-electron chi connectivity index (χ1n) is 9.57. The Morgan fingerprint density at radius 3 is 2.57 bits per heavy atom. The second-order valence-electron chi connectivity index (χ2n) is 6.74. The highest BCUT2D eigenvalue weighted by Gasteiger charge is 2.31. The zero-order chi connectivity index (χ0) is 20.7. The molecule has 170 valence electrons. The average Bonchev–Trinajstić information content (AvgIpc) is 3.17. The van der Waals surface area contributed by atoms with Gasteiger partial charge in [0.2, 0.25) is 6.79 Å². The Hall–Kier alpha value is -1.21. The molecule has 0 aliphatic carbocycles. The summed E-state index contributed by atoms with van der Waals surface area (Å²) in [5, 5.41) is 6.58. The van der Waals surface area contributed by atoms with Crippen molar-refractivity contribution in [1.82, 2.24) is 10.6 Å². The number of alkyl halides is 2. The van der Waals surface area contributed by atoms with Gasteiger partial charge in [-0.2, -0.15) is 20.5 Å². The number of benzene rings is 1. The van der Waals surface area contributed by atoms with Gasteiger partial charge in [0.05, 0.1) is 6.54 Å². The van der Waals surface area contributed by atoms with Crippen molar-refractivity contribution in [3.63, 3.8) is 0 Å². The van der Waals surface area contributed by atoms with Crippen molar-refractivity contribution < 1.29 is 27.7 Å². The van der Waals surface area contributed by atoms with Crippen LogP contribution in [0.15, 0.2) is 17.1 Å². The first-order chi connectivity index (χ1) is 14.0. The largest absolute Gasteiger partial charge is 0.454 e. The molecule has 30 heavy (non-hydrogen) atoms. The number of hydrogen-bond donors (Lipinski definition) is 2. The van der Waals surface area contributed by atoms with Crippen LogP contribution in [0.1, 0.15) is 25.3 Å². The molecule has 2 aliphatic rings. The molecule has 1 saturated heterocycles. The van der Waals surface area contributed by atoms with Gasteiger partial charge in [0.15, 0.2) is 17.5 Å². The fourth-order valence-electron chi connectivity index (χ4n) is 3.24. The number of thioether (sulfide) groups is 1. The summed E-state index contributed by atoms with van der Waals surface area (Å²) in [5.41, 5.74) is 0.498. The third-order valence-electron chi connectivity index (χ3n) is 4.94. The maximum absolute atomic E-state index is 12.8. The molecule has 0 amide bonds. The lowest BCUT2D eigenvalue weighted by Crippen LogP contribution is -2.47. The Balaban J connectivity index is 0.00000320. The standard InChI is InChI=1S/C19H27F2N3O4S.HI/c1-3-22-18(24-11-19(29-2)4-6-25-7-5-19)23-10-13-8-15-16(27-12-26-15)9-14(13)28-17(20)21;/h8-9,17H,3-7,10-12H2,1-2H3,(H2,22,23,24);1H. The number of nitrogens with one attached hydrogen (secondary N) is 2. The molecule has 2 aliphatic heterocycles. The number of guanidine groups is 1. The van der Waals surface area contributed by atoms with Crippen LogP contribution in [-0.2, 0) is 11.3 Å². The van der Waals surface area contributed by atoms with Crippen LogP contribution in [-0.4, -0.2) is 56.7 Å². The van der Waals surface area contributed by atoms with Crippen LogP contribution in [0.5, 0.6) is 17.2 Å². The maximum atomic E-state index is 12.8. The van der Waals surface area contributed by atoms with Gasteiger partial charge in [-0.1, -0.05) is 0 Å². The molecular formula is C19H28F2IN3O4S. The van der Waals surface area contributed by atoms with Gasteiger partial charge in [-0.05, 0) is 32.1 Å². The Labute approximate surface area is 196 Å². The first-order valence-corrected chi connectivity index (χ1v) is 10.8. The molecule has 0 saturated carbocycles. The van der Waals surface area contributed by atoms with Gasteiger partial charge in [-0.25, -0.2) is 4.99 Å². The normalized spacial score (nSPS) is 17.4. The summed E-state index contributed by atoms with van der Waals surface area (Å²) in [4.78, 5) is 4.56. The van der Waals surface area contributed by atoms with Gasteiger partial charge in [0.25, 0.3) is 0 Å². The molecule has 0 unspecified atom stereocenters. The number of aliphatic imine (C=N–C) groups is 1. The van der Waals surface area contributed by atoms with Crippen LogP contribution in [0.2, 0.25) is 0 Å². The van der Waals surface area contributed by atoms with Crippen molar-refractivity contribution in [1.29, 1.82) is 0 Å². The van der Waals surface area contributed by atoms with Gasteiger partial charge in [0, 0.05) is 42.7 Å². The maximum Gasteiger partial charge on any atom is 0.387 e. The number of ether oxygens (including phenoxy) is 4. The lowest BCUT2D eigenvalue weighted by Gasteiger charge is -2.36. The van der Waals surface area contributed by atoms with Crippen LogP contribution >= 0.6 is 35.7 Å². The highest BCUT2D eigenvalue weighted by Crippen LogP contribution is 2.39. The van der Waals surface area contributed by atoms with Crippen LogP contribution < -0.4 is 24.8 Å². The molecular weight excluding hydrogens is 531 g/mol. The van der Waals surface area contributed by atoms with Crippen molar-refractivity contribution in [3.05, 3.63) is 17.7 Å². The topological polar surface area (TPSA) is 73.3 Å². The van der Waals surface area contributed by atoms with Crippen molar-refractivity contribution in [3.8, 4) is 17.2 Å². The van der Waals surface area contributed by atoms with E-state index in [-0.39, 0.29) is 47.8 Å². The van der Waals surface area contributed by atoms with Crippen LogP contribution in [0, 0.1) is 0 Å². The van der Waals surface area contributed by atoms with Crippen LogP contribution in [0.25, 0.3) is 0 Å². The summed E-state index contributed by atoms with van der Waals surface area (Å²) in [7, 11) is 0. The smallest absolute Gasteiger partial charge is 0.387 e. The van der Waals surface area contributed by atoms with E-state index in [0.717, 1.165) is 32.6 Å². The van der Waals surface area contributed by atoms with E-state index in [0.29, 0.717) is 29.6 Å². The molecule has 3 rings (SSSR count). The third kappa shape index (κ3) is 6.64. The molecule has 1 aromatic rings. The van der Waals surface area contributed by atoms with Crippen molar-refractivity contribution in [2.45, 2.75) is 37.7 Å². The van der Waals surface area contributed by atoms with E-state index in [1.807, 2.05) is 18.7 Å². The second-order valence-corrected chi connectivity index (χ2v) is 8.01. The number of hydrogen-bond acceptors (Lipinski definition) is 6. The number of fused-ring (bicyclic) bond motifs is 1. The predicted molar refractivity (Wildman–Crippen MR) is 124 cm³/mol. The summed E-state index contributed by atoms with van der Waals surface area (Å²) >= 11 is 1.83. The summed E-state index contributed by atoms with van der Waals surface area (Å²) in [6.07, 6.45) is 4.04. The third-order valence-corrected chi connectivity index (χ3v) is 6.36. The van der Waals surface area contributed by atoms with Crippen molar-refractivity contribution in [2.75, 3.05) is 39.4 Å². The highest BCUT2D eigenvalue weighted by molar-refractivity contribution is 14.0. The molecule has 0 bridgehead atoms. The lowest BCUT2D eigenvalue weighted by atomic mass is 9.99. The number of halogens is 3. The van der Waals surface area contributed by atoms with E-state index in [1.54, 1.807) is 6.07 Å². The zero-order valence-electron chi connectivity index (χ0n) is 17.0. The van der Waals surface area contributed by atoms with E-state index in [9.17, 15) is 8.78 Å². The van der Waals surface area contributed by atoms with Gasteiger partial charge in [-0.3, -0.25) is 0 Å². The van der Waals surface area contributed by atoms with Gasteiger partial charge in [-0.15, -0.1) is 24.0 Å². The quantitative estimate of drug-likeness (QED) is 0.287. The van der Waals surface area contributed by atoms with E-state index < -0.39 is 6.61 Å². The van der Waals surface area contributed by atoms with E-state index in [1.165, 1.54) is 6.07 Å². The summed E-state index contributed by atoms with van der Waals surface area (Å²) in [6.45, 7) is 2.18. The molecule has 1 aromatic carbocycles. The van der Waals surface area contributed by atoms with E-state index in [4.69, 9.17) is 14.2 Å². The van der Waals surface area contributed by atoms with Crippen LogP contribution in [0.4, 0.5) is 8.78 Å². The fraction of sp³-hybridized carbons (Fsp3) is 0.632. The molecule has 2 N–H and O–H groups in total. The van der Waals surface area contributed by atoms with Crippen molar-refractivity contribution in [2.24, 2.45) is 4.99 Å². The first kappa shape index (κ1) is 25.1. The molecule has 7 nitrogen and oxygen atoms in total. The minimum Gasteiger partial charge on any atom is -0.454 e. The Bertz CT molecular complexity index is 721. The monoisotopic (exact) mass is 559 g/mol. The Morgan fingerprint density at radius 2 is 1.93 bits per heavy atom. The molecule has 0 radical (unpaired) electrons. The fourth-order valence-corrected chi connectivity index (χ4v) is 4.03. The minimum atomic E-state index is -2.93. The SMILES string of the molecule is CCNC(=NCc1cc2c(cc1OC(F)F)OCO2)NCC1(SC)CCOCC1.I. The molecule has 11 heteroatoms. The summed E-state index contributed by atoms with van der Waals surface area (Å²) in [6, 6.07) is 3.05. The average molecular weight is 559 g/mol. The Morgan fingerprint density at radius 1 is 1.23 bits per heavy atom. The summed E-state index contributed by atoms with van der Waals surface area (Å²) in [5.74, 6) is 1.54. The number of nitrogens with zero attached hydrogens (tertiary/aromatic N) is 1. The molecule has 0 spiro atoms. The number of rotatable bonds is 8. The zero-order valence-corrected chi connectivity index (χ0v) is 20.2. The van der Waals surface area contributed by atoms with Gasteiger partial charge < -0.3 is 29.6 Å². The Kier molecular flexibility index (Phi) is 10.0. The molecule has 0 atom stereocenters. The van der Waals surface area contributed by atoms with E-state index in [2.05, 4.69) is 26.6 Å². The van der Waals surface area contributed by atoms with Crippen LogP contribution in [0.3, 0.4) is 0 Å². The lowest BCUT2D eigenvalue weighted by molar-refractivity contribution is -0.0505. The summed E-state index contributed by atoms with van der Waals surface area (Å²) < 4.78 is 46.5. The van der Waals surface area contributed by atoms with Gasteiger partial charge >= 0.3 is 6.61 Å². The van der Waals surface area contributed by atoms with E-state index >= 15 is 0 Å².